The Morgan fingerprint density at radius 1 is 1.29 bits per heavy atom. The Morgan fingerprint density at radius 3 is 2.67 bits per heavy atom. The normalized spacial score (nSPS) is 10.1. The number of rotatable bonds is 7. The number of halogens is 1. The lowest BCUT2D eigenvalue weighted by Gasteiger charge is -2.15. The summed E-state index contributed by atoms with van der Waals surface area (Å²) in [5, 5.41) is 0.301. The van der Waals surface area contributed by atoms with Crippen molar-refractivity contribution in [2.75, 3.05) is 6.61 Å². The Labute approximate surface area is 145 Å². The van der Waals surface area contributed by atoms with Gasteiger partial charge in [0.25, 0.3) is 0 Å². The average Bonchev–Trinajstić information content (AvgIpc) is 2.58. The lowest BCUT2D eigenvalue weighted by Crippen LogP contribution is -2.12. The van der Waals surface area contributed by atoms with Gasteiger partial charge in [-0.05, 0) is 37.6 Å². The van der Waals surface area contributed by atoms with Gasteiger partial charge in [0.2, 0.25) is 0 Å². The molecule has 0 N–H and O–H groups in total. The van der Waals surface area contributed by atoms with E-state index in [9.17, 15) is 9.59 Å². The zero-order valence-electron chi connectivity index (χ0n) is 13.3. The highest BCUT2D eigenvalue weighted by molar-refractivity contribution is 6.33. The molecule has 0 saturated heterocycles. The number of carbonyl (C=O) groups is 2. The first-order valence-electron chi connectivity index (χ1n) is 7.43. The maximum absolute atomic E-state index is 12.4. The number of allylic oxidation sites excluding steroid dienone is 1. The lowest BCUT2D eigenvalue weighted by atomic mass is 10.1. The topological polar surface area (TPSA) is 52.6 Å². The van der Waals surface area contributed by atoms with E-state index < -0.39 is 5.97 Å². The van der Waals surface area contributed by atoms with E-state index >= 15 is 0 Å². The molecule has 2 aromatic carbocycles. The molecule has 0 aromatic heterocycles. The molecule has 5 heteroatoms. The molecule has 2 rings (SSSR count). The van der Waals surface area contributed by atoms with E-state index in [0.717, 1.165) is 6.29 Å². The second-order valence-corrected chi connectivity index (χ2v) is 5.33. The summed E-state index contributed by atoms with van der Waals surface area (Å²) in [7, 11) is 0. The molecule has 124 valence electrons. The zero-order valence-corrected chi connectivity index (χ0v) is 14.0. The van der Waals surface area contributed by atoms with E-state index in [1.807, 2.05) is 0 Å². The second-order valence-electron chi connectivity index (χ2n) is 4.92. The van der Waals surface area contributed by atoms with Gasteiger partial charge in [-0.2, -0.15) is 0 Å². The summed E-state index contributed by atoms with van der Waals surface area (Å²) in [6.45, 7) is 5.86. The van der Waals surface area contributed by atoms with Crippen molar-refractivity contribution in [3.8, 4) is 11.5 Å². The van der Waals surface area contributed by atoms with Gasteiger partial charge in [0.05, 0.1) is 17.2 Å². The average molecular weight is 345 g/mol. The van der Waals surface area contributed by atoms with Crippen molar-refractivity contribution >= 4 is 23.9 Å². The van der Waals surface area contributed by atoms with Gasteiger partial charge in [0, 0.05) is 11.1 Å². The van der Waals surface area contributed by atoms with Gasteiger partial charge >= 0.3 is 5.97 Å². The molecule has 0 saturated carbocycles. The van der Waals surface area contributed by atoms with Gasteiger partial charge in [-0.3, -0.25) is 4.79 Å². The van der Waals surface area contributed by atoms with Crippen molar-refractivity contribution in [1.82, 2.24) is 0 Å². The molecule has 0 unspecified atom stereocenters. The molecule has 0 aliphatic heterocycles. The molecule has 0 spiro atoms. The largest absolute Gasteiger partial charge is 0.490 e. The summed E-state index contributed by atoms with van der Waals surface area (Å²) in [6, 6.07) is 9.81. The Hall–Kier alpha value is -2.59. The Kier molecular flexibility index (Phi) is 6.15. The second kappa shape index (κ2) is 8.31. The molecular formula is C19H17ClO4. The standard InChI is InChI=1S/C19H17ClO4/c1-3-7-14-10-13(12-21)11-17(23-4-2)18(14)24-19(22)15-8-5-6-9-16(15)20/h3,5-6,8-12H,1,4,7H2,2H3. The molecule has 0 aliphatic rings. The number of hydrogen-bond donors (Lipinski definition) is 0. The van der Waals surface area contributed by atoms with E-state index in [4.69, 9.17) is 21.1 Å². The minimum Gasteiger partial charge on any atom is -0.490 e. The predicted molar refractivity (Wildman–Crippen MR) is 93.3 cm³/mol. The van der Waals surface area contributed by atoms with Crippen LogP contribution in [-0.2, 0) is 6.42 Å². The van der Waals surface area contributed by atoms with Gasteiger partial charge in [0.15, 0.2) is 11.5 Å². The van der Waals surface area contributed by atoms with E-state index in [-0.39, 0.29) is 11.3 Å². The van der Waals surface area contributed by atoms with Gasteiger partial charge in [-0.1, -0.05) is 29.8 Å². The molecule has 0 amide bonds. The highest BCUT2D eigenvalue weighted by Gasteiger charge is 2.19. The Morgan fingerprint density at radius 2 is 2.04 bits per heavy atom. The third-order valence-corrected chi connectivity index (χ3v) is 3.57. The van der Waals surface area contributed by atoms with Crippen LogP contribution in [0.15, 0.2) is 49.1 Å². The van der Waals surface area contributed by atoms with Crippen molar-refractivity contribution in [2.24, 2.45) is 0 Å². The minimum atomic E-state index is -0.592. The van der Waals surface area contributed by atoms with Crippen LogP contribution >= 0.6 is 11.6 Å². The summed E-state index contributed by atoms with van der Waals surface area (Å²) >= 11 is 6.04. The van der Waals surface area contributed by atoms with Crippen LogP contribution < -0.4 is 9.47 Å². The van der Waals surface area contributed by atoms with E-state index in [1.165, 1.54) is 6.07 Å². The molecule has 0 heterocycles. The number of esters is 1. The number of carbonyl (C=O) groups excluding carboxylic acids is 2. The fraction of sp³-hybridized carbons (Fsp3) is 0.158. The highest BCUT2D eigenvalue weighted by atomic mass is 35.5. The number of hydrogen-bond acceptors (Lipinski definition) is 4. The first-order chi connectivity index (χ1) is 11.6. The van der Waals surface area contributed by atoms with Crippen LogP contribution in [0.2, 0.25) is 5.02 Å². The SMILES string of the molecule is C=CCc1cc(C=O)cc(OCC)c1OC(=O)c1ccccc1Cl. The Balaban J connectivity index is 2.46. The zero-order chi connectivity index (χ0) is 17.5. The number of aldehydes is 1. The lowest BCUT2D eigenvalue weighted by molar-refractivity contribution is 0.0727. The van der Waals surface area contributed by atoms with Crippen LogP contribution in [0.5, 0.6) is 11.5 Å². The van der Waals surface area contributed by atoms with Crippen molar-refractivity contribution < 1.29 is 19.1 Å². The molecule has 0 fully saturated rings. The summed E-state index contributed by atoms with van der Waals surface area (Å²) in [5.74, 6) is 0.0114. The third kappa shape index (κ3) is 4.03. The molecule has 0 atom stereocenters. The van der Waals surface area contributed by atoms with Crippen LogP contribution in [0.4, 0.5) is 0 Å². The van der Waals surface area contributed by atoms with E-state index in [0.29, 0.717) is 34.9 Å². The minimum absolute atomic E-state index is 0.255. The van der Waals surface area contributed by atoms with Crippen LogP contribution in [0.25, 0.3) is 0 Å². The fourth-order valence-electron chi connectivity index (χ4n) is 2.21. The predicted octanol–water partition coefficient (Wildman–Crippen LogP) is 4.50. The first kappa shape index (κ1) is 17.8. The molecular weight excluding hydrogens is 328 g/mol. The summed E-state index contributed by atoms with van der Waals surface area (Å²) in [6.07, 6.45) is 2.80. The summed E-state index contributed by atoms with van der Waals surface area (Å²) in [4.78, 5) is 23.6. The van der Waals surface area contributed by atoms with Crippen molar-refractivity contribution in [2.45, 2.75) is 13.3 Å². The van der Waals surface area contributed by atoms with Crippen molar-refractivity contribution in [3.63, 3.8) is 0 Å². The highest BCUT2D eigenvalue weighted by Crippen LogP contribution is 2.34. The molecule has 0 aliphatic carbocycles. The number of ether oxygens (including phenoxy) is 2. The fourth-order valence-corrected chi connectivity index (χ4v) is 2.42. The molecule has 24 heavy (non-hydrogen) atoms. The number of benzene rings is 2. The summed E-state index contributed by atoms with van der Waals surface area (Å²) < 4.78 is 11.1. The Bertz CT molecular complexity index is 768. The molecule has 0 bridgehead atoms. The van der Waals surface area contributed by atoms with Crippen LogP contribution in [0.1, 0.15) is 33.2 Å². The molecule has 0 radical (unpaired) electrons. The van der Waals surface area contributed by atoms with Crippen LogP contribution in [-0.4, -0.2) is 18.9 Å². The molecule has 4 nitrogen and oxygen atoms in total. The van der Waals surface area contributed by atoms with Crippen molar-refractivity contribution in [3.05, 3.63) is 70.8 Å². The quantitative estimate of drug-likeness (QED) is 0.321. The monoisotopic (exact) mass is 344 g/mol. The third-order valence-electron chi connectivity index (χ3n) is 3.24. The maximum atomic E-state index is 12.4. The van der Waals surface area contributed by atoms with Crippen LogP contribution in [0, 0.1) is 0 Å². The van der Waals surface area contributed by atoms with Gasteiger partial charge in [0.1, 0.15) is 6.29 Å². The van der Waals surface area contributed by atoms with Crippen LogP contribution in [0.3, 0.4) is 0 Å². The van der Waals surface area contributed by atoms with E-state index in [1.54, 1.807) is 43.3 Å². The molecule has 2 aromatic rings. The maximum Gasteiger partial charge on any atom is 0.345 e. The van der Waals surface area contributed by atoms with E-state index in [2.05, 4.69) is 6.58 Å². The van der Waals surface area contributed by atoms with Gasteiger partial charge in [-0.15, -0.1) is 6.58 Å². The smallest absolute Gasteiger partial charge is 0.345 e. The van der Waals surface area contributed by atoms with Gasteiger partial charge in [-0.25, -0.2) is 4.79 Å². The van der Waals surface area contributed by atoms with Gasteiger partial charge < -0.3 is 9.47 Å². The van der Waals surface area contributed by atoms with Crippen molar-refractivity contribution in [1.29, 1.82) is 0 Å². The summed E-state index contributed by atoms with van der Waals surface area (Å²) in [5.41, 5.74) is 1.33. The first-order valence-corrected chi connectivity index (χ1v) is 7.81.